The van der Waals surface area contributed by atoms with Crippen LogP contribution in [0.1, 0.15) is 25.3 Å². The zero-order chi connectivity index (χ0) is 12.9. The minimum atomic E-state index is -0.331. The monoisotopic (exact) mass is 303 g/mol. The summed E-state index contributed by atoms with van der Waals surface area (Å²) in [5, 5.41) is 9.52. The van der Waals surface area contributed by atoms with Crippen molar-refractivity contribution in [3.8, 4) is 0 Å². The van der Waals surface area contributed by atoms with Gasteiger partial charge in [-0.2, -0.15) is 0 Å². The van der Waals surface area contributed by atoms with E-state index in [1.807, 2.05) is 6.07 Å². The fourth-order valence-electron chi connectivity index (χ4n) is 2.14. The number of aliphatic hydroxyl groups is 1. The second-order valence-corrected chi connectivity index (χ2v) is 5.48. The zero-order valence-corrected chi connectivity index (χ0v) is 11.6. The molecule has 0 aromatic heterocycles. The molecule has 0 bridgehead atoms. The van der Waals surface area contributed by atoms with Gasteiger partial charge in [0.1, 0.15) is 5.82 Å². The van der Waals surface area contributed by atoms with Gasteiger partial charge in [0.2, 0.25) is 0 Å². The maximum Gasteiger partial charge on any atom is 0.124 e. The molecule has 0 heterocycles. The standard InChI is InChI=1S/C13H19BrFNO/c1-2-3-13(8-16,9-17)7-10-4-11(14)6-12(15)5-10/h4-6,17H,2-3,7-9,16H2,1H3. The first kappa shape index (κ1) is 14.6. The summed E-state index contributed by atoms with van der Waals surface area (Å²) in [7, 11) is 0. The Labute approximate surface area is 110 Å². The SMILES string of the molecule is CCCC(CN)(CO)Cc1cc(F)cc(Br)c1. The van der Waals surface area contributed by atoms with Crippen molar-refractivity contribution in [3.63, 3.8) is 0 Å². The maximum absolute atomic E-state index is 13.3. The van der Waals surface area contributed by atoms with Crippen LogP contribution in [-0.4, -0.2) is 18.3 Å². The summed E-state index contributed by atoms with van der Waals surface area (Å²) in [4.78, 5) is 0. The van der Waals surface area contributed by atoms with E-state index in [1.54, 1.807) is 0 Å². The lowest BCUT2D eigenvalue weighted by Crippen LogP contribution is -2.36. The highest BCUT2D eigenvalue weighted by Gasteiger charge is 2.27. The van der Waals surface area contributed by atoms with Crippen molar-refractivity contribution in [3.05, 3.63) is 34.1 Å². The Balaban J connectivity index is 2.92. The molecule has 0 saturated heterocycles. The molecule has 0 spiro atoms. The number of benzene rings is 1. The van der Waals surface area contributed by atoms with E-state index < -0.39 is 0 Å². The molecule has 0 amide bonds. The molecule has 0 aliphatic carbocycles. The lowest BCUT2D eigenvalue weighted by Gasteiger charge is -2.30. The summed E-state index contributed by atoms with van der Waals surface area (Å²) in [5.74, 6) is -0.269. The van der Waals surface area contributed by atoms with Crippen LogP contribution in [0, 0.1) is 11.2 Å². The van der Waals surface area contributed by atoms with Crippen LogP contribution in [0.2, 0.25) is 0 Å². The highest BCUT2D eigenvalue weighted by molar-refractivity contribution is 9.10. The van der Waals surface area contributed by atoms with Crippen molar-refractivity contribution in [2.24, 2.45) is 11.1 Å². The smallest absolute Gasteiger partial charge is 0.124 e. The summed E-state index contributed by atoms with van der Waals surface area (Å²) < 4.78 is 14.0. The van der Waals surface area contributed by atoms with Gasteiger partial charge >= 0.3 is 0 Å². The van der Waals surface area contributed by atoms with Crippen LogP contribution in [0.15, 0.2) is 22.7 Å². The van der Waals surface area contributed by atoms with Gasteiger partial charge in [0.25, 0.3) is 0 Å². The maximum atomic E-state index is 13.3. The topological polar surface area (TPSA) is 46.2 Å². The predicted molar refractivity (Wildman–Crippen MR) is 71.3 cm³/mol. The molecule has 0 aliphatic heterocycles. The Morgan fingerprint density at radius 2 is 2.12 bits per heavy atom. The van der Waals surface area contributed by atoms with Gasteiger partial charge in [-0.1, -0.05) is 29.3 Å². The molecule has 2 nitrogen and oxygen atoms in total. The van der Waals surface area contributed by atoms with Crippen LogP contribution >= 0.6 is 15.9 Å². The minimum Gasteiger partial charge on any atom is -0.396 e. The molecule has 4 heteroatoms. The highest BCUT2D eigenvalue weighted by atomic mass is 79.9. The molecule has 1 aromatic carbocycles. The average molecular weight is 304 g/mol. The normalized spacial score (nSPS) is 14.6. The fourth-order valence-corrected chi connectivity index (χ4v) is 2.65. The van der Waals surface area contributed by atoms with Crippen LogP contribution in [0.4, 0.5) is 4.39 Å². The third kappa shape index (κ3) is 4.05. The van der Waals surface area contributed by atoms with E-state index in [0.717, 1.165) is 18.4 Å². The molecular formula is C13H19BrFNO. The molecule has 3 N–H and O–H groups in total. The summed E-state index contributed by atoms with van der Waals surface area (Å²) in [5.41, 5.74) is 6.30. The molecule has 0 saturated carbocycles. The van der Waals surface area contributed by atoms with Gasteiger partial charge in [-0.15, -0.1) is 0 Å². The summed E-state index contributed by atoms with van der Waals surface area (Å²) in [6, 6.07) is 4.80. The van der Waals surface area contributed by atoms with Crippen LogP contribution in [0.3, 0.4) is 0 Å². The molecule has 1 rings (SSSR count). The van der Waals surface area contributed by atoms with E-state index in [0.29, 0.717) is 17.4 Å². The molecule has 17 heavy (non-hydrogen) atoms. The van der Waals surface area contributed by atoms with Crippen LogP contribution in [0.5, 0.6) is 0 Å². The van der Waals surface area contributed by atoms with Crippen molar-refractivity contribution >= 4 is 15.9 Å². The van der Waals surface area contributed by atoms with E-state index in [2.05, 4.69) is 22.9 Å². The molecule has 96 valence electrons. The van der Waals surface area contributed by atoms with Gasteiger partial charge in [0.05, 0.1) is 6.61 Å². The number of hydrogen-bond acceptors (Lipinski definition) is 2. The number of hydrogen-bond donors (Lipinski definition) is 2. The number of aliphatic hydroxyl groups excluding tert-OH is 1. The minimum absolute atomic E-state index is 0.0332. The second-order valence-electron chi connectivity index (χ2n) is 4.57. The molecule has 0 fully saturated rings. The molecular weight excluding hydrogens is 285 g/mol. The molecule has 0 radical (unpaired) electrons. The Morgan fingerprint density at radius 1 is 1.41 bits per heavy atom. The molecule has 1 atom stereocenters. The van der Waals surface area contributed by atoms with Crippen LogP contribution < -0.4 is 5.73 Å². The highest BCUT2D eigenvalue weighted by Crippen LogP contribution is 2.28. The summed E-state index contributed by atoms with van der Waals surface area (Å²) in [6.07, 6.45) is 2.40. The van der Waals surface area contributed by atoms with Crippen molar-refractivity contribution in [1.82, 2.24) is 0 Å². The van der Waals surface area contributed by atoms with Gasteiger partial charge in [-0.25, -0.2) is 4.39 Å². The third-order valence-corrected chi connectivity index (χ3v) is 3.51. The fraction of sp³-hybridized carbons (Fsp3) is 0.538. The van der Waals surface area contributed by atoms with E-state index in [-0.39, 0.29) is 17.8 Å². The van der Waals surface area contributed by atoms with Crippen LogP contribution in [-0.2, 0) is 6.42 Å². The summed E-state index contributed by atoms with van der Waals surface area (Å²) >= 11 is 3.27. The predicted octanol–water partition coefficient (Wildman–Crippen LogP) is 2.87. The lowest BCUT2D eigenvalue weighted by atomic mass is 9.78. The van der Waals surface area contributed by atoms with Crippen molar-refractivity contribution < 1.29 is 9.50 Å². The first-order valence-electron chi connectivity index (χ1n) is 5.81. The lowest BCUT2D eigenvalue weighted by molar-refractivity contribution is 0.121. The Bertz CT molecular complexity index is 346. The van der Waals surface area contributed by atoms with Crippen LogP contribution in [0.25, 0.3) is 0 Å². The van der Waals surface area contributed by atoms with Gasteiger partial charge < -0.3 is 10.8 Å². The van der Waals surface area contributed by atoms with E-state index >= 15 is 0 Å². The van der Waals surface area contributed by atoms with Gasteiger partial charge in [0.15, 0.2) is 0 Å². The molecule has 1 unspecified atom stereocenters. The van der Waals surface area contributed by atoms with E-state index in [9.17, 15) is 9.50 Å². The van der Waals surface area contributed by atoms with Crippen molar-refractivity contribution in [2.75, 3.05) is 13.2 Å². The first-order valence-corrected chi connectivity index (χ1v) is 6.60. The first-order chi connectivity index (χ1) is 8.05. The number of nitrogens with two attached hydrogens (primary N) is 1. The Kier molecular flexibility index (Phi) is 5.56. The quantitative estimate of drug-likeness (QED) is 0.849. The average Bonchev–Trinajstić information content (AvgIpc) is 2.27. The van der Waals surface area contributed by atoms with Gasteiger partial charge in [0, 0.05) is 16.4 Å². The third-order valence-electron chi connectivity index (χ3n) is 3.05. The molecule has 1 aromatic rings. The molecule has 0 aliphatic rings. The number of rotatable bonds is 6. The largest absolute Gasteiger partial charge is 0.396 e. The number of halogens is 2. The van der Waals surface area contributed by atoms with Crippen molar-refractivity contribution in [2.45, 2.75) is 26.2 Å². The van der Waals surface area contributed by atoms with Gasteiger partial charge in [-0.05, 0) is 36.6 Å². The second kappa shape index (κ2) is 6.47. The van der Waals surface area contributed by atoms with E-state index in [1.165, 1.54) is 12.1 Å². The Morgan fingerprint density at radius 3 is 2.59 bits per heavy atom. The Hall–Kier alpha value is -0.450. The zero-order valence-electron chi connectivity index (χ0n) is 10.0. The van der Waals surface area contributed by atoms with Crippen molar-refractivity contribution in [1.29, 1.82) is 0 Å². The van der Waals surface area contributed by atoms with E-state index in [4.69, 9.17) is 5.73 Å². The summed E-state index contributed by atoms with van der Waals surface area (Å²) in [6.45, 7) is 2.50. The van der Waals surface area contributed by atoms with Gasteiger partial charge in [-0.3, -0.25) is 0 Å².